The van der Waals surface area contributed by atoms with Crippen LogP contribution in [0.4, 0.5) is 4.39 Å². The predicted molar refractivity (Wildman–Crippen MR) is 60.5 cm³/mol. The van der Waals surface area contributed by atoms with Gasteiger partial charge < -0.3 is 5.32 Å². The summed E-state index contributed by atoms with van der Waals surface area (Å²) in [5.74, 6) is -0.500. The molecule has 0 radical (unpaired) electrons. The van der Waals surface area contributed by atoms with Crippen LogP contribution >= 0.6 is 12.6 Å². The molecular formula is C11H13FN2S. The highest BCUT2D eigenvalue weighted by atomic mass is 32.1. The summed E-state index contributed by atoms with van der Waals surface area (Å²) in [4.78, 5) is 0.595. The molecule has 2 rings (SSSR count). The van der Waals surface area contributed by atoms with Crippen LogP contribution in [0.2, 0.25) is 0 Å². The Balaban J connectivity index is 0.000000187. The Morgan fingerprint density at radius 1 is 1.33 bits per heavy atom. The number of rotatable bonds is 0. The van der Waals surface area contributed by atoms with Crippen molar-refractivity contribution in [2.45, 2.75) is 17.7 Å². The number of thiol groups is 1. The molecule has 4 heteroatoms. The minimum Gasteiger partial charge on any atom is -0.317 e. The third kappa shape index (κ3) is 4.32. The second-order valence-corrected chi connectivity index (χ2v) is 3.75. The molecule has 1 aliphatic heterocycles. The molecule has 0 spiro atoms. The molecule has 1 aliphatic rings. The molecule has 0 saturated carbocycles. The van der Waals surface area contributed by atoms with Crippen LogP contribution < -0.4 is 5.32 Å². The fourth-order valence-corrected chi connectivity index (χ4v) is 1.43. The van der Waals surface area contributed by atoms with E-state index in [1.807, 2.05) is 0 Å². The third-order valence-electron chi connectivity index (χ3n) is 2.03. The zero-order valence-corrected chi connectivity index (χ0v) is 9.23. The Morgan fingerprint density at radius 2 is 2.00 bits per heavy atom. The summed E-state index contributed by atoms with van der Waals surface area (Å²) >= 11 is 3.94. The predicted octanol–water partition coefficient (Wildman–Crippen LogP) is 2.36. The first-order chi connectivity index (χ1) is 7.24. The van der Waals surface area contributed by atoms with E-state index >= 15 is 0 Å². The molecule has 1 saturated heterocycles. The fraction of sp³-hybridized carbons (Fsp3) is 0.364. The lowest BCUT2D eigenvalue weighted by atomic mass is 10.2. The van der Waals surface area contributed by atoms with Crippen molar-refractivity contribution >= 4 is 12.6 Å². The van der Waals surface area contributed by atoms with Gasteiger partial charge in [0.05, 0.1) is 5.56 Å². The van der Waals surface area contributed by atoms with Gasteiger partial charge in [0.1, 0.15) is 11.9 Å². The number of nitrogens with zero attached hydrogens (tertiary/aromatic N) is 1. The van der Waals surface area contributed by atoms with Gasteiger partial charge in [-0.25, -0.2) is 4.39 Å². The van der Waals surface area contributed by atoms with Gasteiger partial charge >= 0.3 is 0 Å². The smallest absolute Gasteiger partial charge is 0.141 e. The van der Waals surface area contributed by atoms with Crippen LogP contribution in [-0.2, 0) is 0 Å². The molecule has 1 N–H and O–H groups in total. The monoisotopic (exact) mass is 224 g/mol. The van der Waals surface area contributed by atoms with Crippen LogP contribution in [-0.4, -0.2) is 13.1 Å². The van der Waals surface area contributed by atoms with E-state index in [-0.39, 0.29) is 5.56 Å². The highest BCUT2D eigenvalue weighted by Crippen LogP contribution is 2.11. The molecule has 2 nitrogen and oxygen atoms in total. The zero-order chi connectivity index (χ0) is 11.1. The normalized spacial score (nSPS) is 13.9. The molecule has 15 heavy (non-hydrogen) atoms. The lowest BCUT2D eigenvalue weighted by Gasteiger charge is -1.92. The number of benzene rings is 1. The maximum absolute atomic E-state index is 12.5. The van der Waals surface area contributed by atoms with Crippen molar-refractivity contribution in [3.8, 4) is 6.07 Å². The van der Waals surface area contributed by atoms with E-state index in [2.05, 4.69) is 17.9 Å². The molecule has 0 atom stereocenters. The zero-order valence-electron chi connectivity index (χ0n) is 8.33. The first-order valence-electron chi connectivity index (χ1n) is 4.83. The molecule has 0 aliphatic carbocycles. The van der Waals surface area contributed by atoms with Gasteiger partial charge in [0.2, 0.25) is 0 Å². The van der Waals surface area contributed by atoms with E-state index in [0.717, 1.165) is 0 Å². The highest BCUT2D eigenvalue weighted by molar-refractivity contribution is 7.80. The lowest BCUT2D eigenvalue weighted by molar-refractivity contribution is 0.622. The summed E-state index contributed by atoms with van der Waals surface area (Å²) in [6, 6.07) is 5.82. The summed E-state index contributed by atoms with van der Waals surface area (Å²) in [5.41, 5.74) is 0.0347. The summed E-state index contributed by atoms with van der Waals surface area (Å²) in [7, 11) is 0. The van der Waals surface area contributed by atoms with E-state index in [1.54, 1.807) is 6.07 Å². The standard InChI is InChI=1S/C7H4FNS.C4H9N/c8-7-2-1-6(10)3-5(7)4-9;1-2-4-5-3-1/h1-3,10H;5H,1-4H2. The maximum Gasteiger partial charge on any atom is 0.141 e. The van der Waals surface area contributed by atoms with Gasteiger partial charge in [0.15, 0.2) is 0 Å². The van der Waals surface area contributed by atoms with Crippen molar-refractivity contribution in [2.24, 2.45) is 0 Å². The van der Waals surface area contributed by atoms with Crippen molar-refractivity contribution in [1.29, 1.82) is 5.26 Å². The number of hydrogen-bond acceptors (Lipinski definition) is 3. The van der Waals surface area contributed by atoms with E-state index in [1.165, 1.54) is 44.1 Å². The SMILES string of the molecule is C1CCNC1.N#Cc1cc(S)ccc1F. The van der Waals surface area contributed by atoms with E-state index in [4.69, 9.17) is 5.26 Å². The Kier molecular flexibility index (Phi) is 5.16. The van der Waals surface area contributed by atoms with Crippen LogP contribution in [0.3, 0.4) is 0 Å². The topological polar surface area (TPSA) is 35.8 Å². The van der Waals surface area contributed by atoms with Crippen LogP contribution in [0.1, 0.15) is 18.4 Å². The molecule has 0 aromatic heterocycles. The Bertz CT molecular complexity index is 348. The van der Waals surface area contributed by atoms with E-state index in [0.29, 0.717) is 4.90 Å². The number of halogens is 1. The minimum absolute atomic E-state index is 0.0347. The highest BCUT2D eigenvalue weighted by Gasteiger charge is 1.98. The maximum atomic E-state index is 12.5. The molecule has 1 fully saturated rings. The number of hydrogen-bond donors (Lipinski definition) is 2. The molecule has 1 aromatic carbocycles. The summed E-state index contributed by atoms with van der Waals surface area (Å²) in [6.45, 7) is 2.50. The second kappa shape index (κ2) is 6.44. The first-order valence-corrected chi connectivity index (χ1v) is 5.28. The van der Waals surface area contributed by atoms with Crippen LogP contribution in [0.5, 0.6) is 0 Å². The van der Waals surface area contributed by atoms with Gasteiger partial charge in [-0.15, -0.1) is 12.6 Å². The van der Waals surface area contributed by atoms with Crippen LogP contribution in [0, 0.1) is 17.1 Å². The molecule has 0 bridgehead atoms. The average Bonchev–Trinajstić information content (AvgIpc) is 2.80. The van der Waals surface area contributed by atoms with Gasteiger partial charge in [-0.2, -0.15) is 5.26 Å². The summed E-state index contributed by atoms with van der Waals surface area (Å²) in [6.07, 6.45) is 2.78. The fourth-order valence-electron chi connectivity index (χ4n) is 1.22. The van der Waals surface area contributed by atoms with E-state index < -0.39 is 5.82 Å². The van der Waals surface area contributed by atoms with E-state index in [9.17, 15) is 4.39 Å². The quantitative estimate of drug-likeness (QED) is 0.664. The van der Waals surface area contributed by atoms with Gasteiger partial charge in [0.25, 0.3) is 0 Å². The Morgan fingerprint density at radius 3 is 2.40 bits per heavy atom. The van der Waals surface area contributed by atoms with Gasteiger partial charge in [-0.3, -0.25) is 0 Å². The van der Waals surface area contributed by atoms with Crippen molar-refractivity contribution in [3.63, 3.8) is 0 Å². The summed E-state index contributed by atoms with van der Waals surface area (Å²) < 4.78 is 12.5. The minimum atomic E-state index is -0.500. The summed E-state index contributed by atoms with van der Waals surface area (Å²) in [5, 5.41) is 11.5. The lowest BCUT2D eigenvalue weighted by Crippen LogP contribution is -2.03. The molecule has 0 amide bonds. The molecule has 80 valence electrons. The molecule has 1 aromatic rings. The van der Waals surface area contributed by atoms with Gasteiger partial charge in [-0.1, -0.05) is 0 Å². The van der Waals surface area contributed by atoms with Crippen molar-refractivity contribution in [2.75, 3.05) is 13.1 Å². The van der Waals surface area contributed by atoms with Gasteiger partial charge in [-0.05, 0) is 44.1 Å². The third-order valence-corrected chi connectivity index (χ3v) is 2.31. The van der Waals surface area contributed by atoms with Gasteiger partial charge in [0, 0.05) is 4.90 Å². The van der Waals surface area contributed by atoms with Crippen molar-refractivity contribution in [3.05, 3.63) is 29.6 Å². The Labute approximate surface area is 94.5 Å². The van der Waals surface area contributed by atoms with Crippen molar-refractivity contribution in [1.82, 2.24) is 5.32 Å². The average molecular weight is 224 g/mol. The molecule has 1 heterocycles. The molecule has 0 unspecified atom stereocenters. The van der Waals surface area contributed by atoms with Crippen LogP contribution in [0.15, 0.2) is 23.1 Å². The largest absolute Gasteiger partial charge is 0.317 e. The van der Waals surface area contributed by atoms with Crippen molar-refractivity contribution < 1.29 is 4.39 Å². The number of nitriles is 1. The number of nitrogens with one attached hydrogen (secondary N) is 1. The van der Waals surface area contributed by atoms with Crippen LogP contribution in [0.25, 0.3) is 0 Å². The molecular weight excluding hydrogens is 211 g/mol. The first kappa shape index (κ1) is 12.0. The second-order valence-electron chi connectivity index (χ2n) is 3.23. The Hall–Kier alpha value is -1.05.